The summed E-state index contributed by atoms with van der Waals surface area (Å²) >= 11 is 24.0. The summed E-state index contributed by atoms with van der Waals surface area (Å²) in [4.78, 5) is 61.8. The first-order valence-electron chi connectivity index (χ1n) is 10.0. The number of carbonyl (C=O) groups is 5. The van der Waals surface area contributed by atoms with Crippen LogP contribution in [-0.4, -0.2) is 54.3 Å². The SMILES string of the molecule is CCOC(=O)c1ccc(NC(=O)COC(=O)CCN2C(=O)c3c(Cl)c(Cl)c(Cl)c(Cl)c3C2=O)cc1. The van der Waals surface area contributed by atoms with Crippen LogP contribution in [0.15, 0.2) is 24.3 Å². The maximum atomic E-state index is 12.6. The molecule has 0 saturated carbocycles. The second-order valence-corrected chi connectivity index (χ2v) is 8.54. The van der Waals surface area contributed by atoms with E-state index in [0.717, 1.165) is 4.90 Å². The fourth-order valence-corrected chi connectivity index (χ4v) is 4.14. The quantitative estimate of drug-likeness (QED) is 0.216. The van der Waals surface area contributed by atoms with Crippen LogP contribution in [-0.2, 0) is 19.1 Å². The van der Waals surface area contributed by atoms with E-state index in [4.69, 9.17) is 55.9 Å². The lowest BCUT2D eigenvalue weighted by molar-refractivity contribution is -0.147. The minimum atomic E-state index is -0.831. The van der Waals surface area contributed by atoms with E-state index in [1.807, 2.05) is 0 Å². The van der Waals surface area contributed by atoms with Crippen molar-refractivity contribution in [2.75, 3.05) is 25.1 Å². The maximum Gasteiger partial charge on any atom is 0.338 e. The van der Waals surface area contributed by atoms with E-state index in [-0.39, 0.29) is 50.8 Å². The molecule has 0 spiro atoms. The summed E-state index contributed by atoms with van der Waals surface area (Å²) in [5.74, 6) is -3.53. The number of esters is 2. The van der Waals surface area contributed by atoms with Crippen LogP contribution < -0.4 is 5.32 Å². The lowest BCUT2D eigenvalue weighted by atomic mass is 10.1. The molecule has 1 aliphatic heterocycles. The summed E-state index contributed by atoms with van der Waals surface area (Å²) < 4.78 is 9.77. The van der Waals surface area contributed by atoms with E-state index in [0.29, 0.717) is 11.3 Å². The van der Waals surface area contributed by atoms with Crippen molar-refractivity contribution in [2.24, 2.45) is 0 Å². The Morgan fingerprint density at radius 2 is 1.40 bits per heavy atom. The summed E-state index contributed by atoms with van der Waals surface area (Å²) in [6, 6.07) is 5.92. The fraction of sp³-hybridized carbons (Fsp3) is 0.227. The van der Waals surface area contributed by atoms with E-state index in [2.05, 4.69) is 5.32 Å². The summed E-state index contributed by atoms with van der Waals surface area (Å²) in [5.41, 5.74) is 0.295. The molecule has 0 fully saturated rings. The number of ether oxygens (including phenoxy) is 2. The maximum absolute atomic E-state index is 12.6. The first-order valence-corrected chi connectivity index (χ1v) is 11.5. The molecular weight excluding hydrogens is 546 g/mol. The van der Waals surface area contributed by atoms with Gasteiger partial charge in [-0.05, 0) is 31.2 Å². The molecule has 1 N–H and O–H groups in total. The zero-order valence-electron chi connectivity index (χ0n) is 18.0. The van der Waals surface area contributed by atoms with Crippen LogP contribution in [0.3, 0.4) is 0 Å². The number of nitrogens with zero attached hydrogens (tertiary/aromatic N) is 1. The first-order chi connectivity index (χ1) is 16.6. The van der Waals surface area contributed by atoms with Crippen molar-refractivity contribution in [3.05, 3.63) is 61.0 Å². The van der Waals surface area contributed by atoms with Gasteiger partial charge in [0.2, 0.25) is 0 Å². The van der Waals surface area contributed by atoms with Gasteiger partial charge in [-0.3, -0.25) is 24.1 Å². The second kappa shape index (κ2) is 11.3. The number of nitrogens with one attached hydrogen (secondary N) is 1. The van der Waals surface area contributed by atoms with Crippen molar-refractivity contribution in [1.82, 2.24) is 4.90 Å². The van der Waals surface area contributed by atoms with Crippen molar-refractivity contribution in [3.63, 3.8) is 0 Å². The van der Waals surface area contributed by atoms with Crippen molar-refractivity contribution in [1.29, 1.82) is 0 Å². The van der Waals surface area contributed by atoms with Crippen LogP contribution in [0.4, 0.5) is 5.69 Å². The van der Waals surface area contributed by atoms with Crippen molar-refractivity contribution in [2.45, 2.75) is 13.3 Å². The molecule has 0 unspecified atom stereocenters. The Labute approximate surface area is 219 Å². The standard InChI is InChI=1S/C22H16Cl4N2O7/c1-2-34-22(33)10-3-5-11(6-4-10)27-12(29)9-35-13(30)7-8-28-20(31)14-15(21(28)32)17(24)19(26)18(25)16(14)23/h3-6H,2,7-9H2,1H3,(H,27,29). The Morgan fingerprint density at radius 1 is 0.857 bits per heavy atom. The Kier molecular flexibility index (Phi) is 8.60. The smallest absolute Gasteiger partial charge is 0.338 e. The van der Waals surface area contributed by atoms with Crippen LogP contribution in [0.1, 0.15) is 44.4 Å². The molecule has 0 saturated heterocycles. The highest BCUT2D eigenvalue weighted by Crippen LogP contribution is 2.44. The summed E-state index contributed by atoms with van der Waals surface area (Å²) in [6.07, 6.45) is -0.385. The molecule has 2 aromatic rings. The third-order valence-corrected chi connectivity index (χ3v) is 6.57. The van der Waals surface area contributed by atoms with Crippen LogP contribution in [0.25, 0.3) is 0 Å². The van der Waals surface area contributed by atoms with E-state index >= 15 is 0 Å². The minimum absolute atomic E-state index is 0.166. The van der Waals surface area contributed by atoms with Gasteiger partial charge in [0.25, 0.3) is 17.7 Å². The van der Waals surface area contributed by atoms with E-state index in [1.54, 1.807) is 6.92 Å². The lowest BCUT2D eigenvalue weighted by Gasteiger charge is -2.13. The number of hydrogen-bond acceptors (Lipinski definition) is 7. The number of rotatable bonds is 8. The van der Waals surface area contributed by atoms with Gasteiger partial charge in [0, 0.05) is 12.2 Å². The molecule has 9 nitrogen and oxygen atoms in total. The van der Waals surface area contributed by atoms with Crippen molar-refractivity contribution in [3.8, 4) is 0 Å². The highest BCUT2D eigenvalue weighted by atomic mass is 35.5. The molecule has 0 bridgehead atoms. The van der Waals surface area contributed by atoms with Gasteiger partial charge in [-0.2, -0.15) is 0 Å². The van der Waals surface area contributed by atoms with E-state index in [1.165, 1.54) is 24.3 Å². The molecular formula is C22H16Cl4N2O7. The normalized spacial score (nSPS) is 12.4. The predicted molar refractivity (Wildman–Crippen MR) is 128 cm³/mol. The third-order valence-electron chi connectivity index (χ3n) is 4.77. The van der Waals surface area contributed by atoms with Gasteiger partial charge in [0.05, 0.1) is 49.8 Å². The zero-order chi connectivity index (χ0) is 25.9. The Balaban J connectivity index is 1.52. The molecule has 0 radical (unpaired) electrons. The van der Waals surface area contributed by atoms with Gasteiger partial charge in [-0.15, -0.1) is 0 Å². The van der Waals surface area contributed by atoms with E-state index < -0.39 is 36.3 Å². The largest absolute Gasteiger partial charge is 0.462 e. The third kappa shape index (κ3) is 5.70. The average Bonchev–Trinajstić information content (AvgIpc) is 3.08. The molecule has 2 aromatic carbocycles. The summed E-state index contributed by atoms with van der Waals surface area (Å²) in [7, 11) is 0. The minimum Gasteiger partial charge on any atom is -0.462 e. The predicted octanol–water partition coefficient (Wildman–Crippen LogP) is 4.64. The number of halogens is 4. The Bertz CT molecular complexity index is 1180. The zero-order valence-corrected chi connectivity index (χ0v) is 21.0. The number of benzene rings is 2. The molecule has 0 aromatic heterocycles. The molecule has 0 atom stereocenters. The lowest BCUT2D eigenvalue weighted by Crippen LogP contribution is -2.32. The molecule has 3 rings (SSSR count). The molecule has 13 heteroatoms. The molecule has 35 heavy (non-hydrogen) atoms. The molecule has 1 heterocycles. The number of anilines is 1. The monoisotopic (exact) mass is 560 g/mol. The van der Waals surface area contributed by atoms with Gasteiger partial charge in [-0.1, -0.05) is 46.4 Å². The van der Waals surface area contributed by atoms with E-state index in [9.17, 15) is 24.0 Å². The van der Waals surface area contributed by atoms with Gasteiger partial charge >= 0.3 is 11.9 Å². The average molecular weight is 562 g/mol. The molecule has 184 valence electrons. The molecule has 1 aliphatic rings. The fourth-order valence-electron chi connectivity index (χ4n) is 3.12. The van der Waals surface area contributed by atoms with Gasteiger partial charge in [-0.25, -0.2) is 4.79 Å². The van der Waals surface area contributed by atoms with Gasteiger partial charge in [0.1, 0.15) is 0 Å². The number of hydrogen-bond donors (Lipinski definition) is 1. The van der Waals surface area contributed by atoms with Gasteiger partial charge in [0.15, 0.2) is 6.61 Å². The van der Waals surface area contributed by atoms with Crippen LogP contribution in [0.5, 0.6) is 0 Å². The second-order valence-electron chi connectivity index (χ2n) is 7.02. The van der Waals surface area contributed by atoms with Crippen LogP contribution >= 0.6 is 46.4 Å². The van der Waals surface area contributed by atoms with Gasteiger partial charge < -0.3 is 14.8 Å². The van der Waals surface area contributed by atoms with Crippen LogP contribution in [0, 0.1) is 0 Å². The number of fused-ring (bicyclic) bond motifs is 1. The summed E-state index contributed by atoms with van der Waals surface area (Å²) in [6.45, 7) is 0.970. The topological polar surface area (TPSA) is 119 Å². The number of imide groups is 1. The van der Waals surface area contributed by atoms with Crippen LogP contribution in [0.2, 0.25) is 20.1 Å². The Morgan fingerprint density at radius 3 is 1.91 bits per heavy atom. The highest BCUT2D eigenvalue weighted by Gasteiger charge is 2.41. The number of amides is 3. The first kappa shape index (κ1) is 26.7. The number of carbonyl (C=O) groups excluding carboxylic acids is 5. The molecule has 0 aliphatic carbocycles. The highest BCUT2D eigenvalue weighted by molar-refractivity contribution is 6.55. The summed E-state index contributed by atoms with van der Waals surface area (Å²) in [5, 5.41) is 1.74. The van der Waals surface area contributed by atoms with Crippen molar-refractivity contribution >= 4 is 81.8 Å². The Hall–Kier alpha value is -2.85. The van der Waals surface area contributed by atoms with Crippen molar-refractivity contribution < 1.29 is 33.4 Å². The molecule has 3 amide bonds.